The summed E-state index contributed by atoms with van der Waals surface area (Å²) in [5.41, 5.74) is 1.42. The van der Waals surface area contributed by atoms with Gasteiger partial charge in [-0.15, -0.1) is 0 Å². The van der Waals surface area contributed by atoms with Crippen molar-refractivity contribution in [3.05, 3.63) is 66.8 Å². The predicted molar refractivity (Wildman–Crippen MR) is 101 cm³/mol. The molecular formula is C21H26O5. The molecule has 1 saturated heterocycles. The maximum Gasteiger partial charge on any atom is 0.337 e. The van der Waals surface area contributed by atoms with Gasteiger partial charge in [-0.1, -0.05) is 62.9 Å². The number of ether oxygens (including phenoxy) is 3. The van der Waals surface area contributed by atoms with Gasteiger partial charge in [0.1, 0.15) is 12.7 Å². The van der Waals surface area contributed by atoms with Crippen molar-refractivity contribution in [1.29, 1.82) is 0 Å². The molecule has 1 aliphatic heterocycles. The molecule has 2 rings (SSSR count). The predicted octanol–water partition coefficient (Wildman–Crippen LogP) is 3.71. The lowest BCUT2D eigenvalue weighted by Crippen LogP contribution is -2.06. The number of carbonyl (C=O) groups is 2. The highest BCUT2D eigenvalue weighted by Crippen LogP contribution is 2.08. The molecule has 1 atom stereocenters. The molecular weight excluding hydrogens is 332 g/mol. The quantitative estimate of drug-likeness (QED) is 0.221. The van der Waals surface area contributed by atoms with Gasteiger partial charge in [-0.05, 0) is 18.1 Å². The van der Waals surface area contributed by atoms with Crippen molar-refractivity contribution >= 4 is 18.0 Å². The number of rotatable bonds is 9. The molecule has 5 nitrogen and oxygen atoms in total. The van der Waals surface area contributed by atoms with Crippen molar-refractivity contribution in [2.75, 3.05) is 19.8 Å². The standard InChI is InChI=1S/C15H18O2.C6H8O3/c1-3-4-12-17-15(16)13(2)10-11-14-8-6-5-7-9-14;1-2-6(7)9-4-5-3-8-5/h5-11H,2-4,12H2,1H3;2,5H,1,3-4H2. The van der Waals surface area contributed by atoms with E-state index in [-0.39, 0.29) is 18.0 Å². The summed E-state index contributed by atoms with van der Waals surface area (Å²) in [6, 6.07) is 9.77. The maximum atomic E-state index is 11.5. The van der Waals surface area contributed by atoms with Crippen molar-refractivity contribution < 1.29 is 23.8 Å². The van der Waals surface area contributed by atoms with Crippen LogP contribution in [0.3, 0.4) is 0 Å². The molecule has 0 N–H and O–H groups in total. The molecule has 0 radical (unpaired) electrons. The van der Waals surface area contributed by atoms with E-state index >= 15 is 0 Å². The first-order chi connectivity index (χ1) is 12.6. The Balaban J connectivity index is 0.000000314. The van der Waals surface area contributed by atoms with Crippen molar-refractivity contribution in [3.63, 3.8) is 0 Å². The lowest BCUT2D eigenvalue weighted by molar-refractivity contribution is -0.139. The van der Waals surface area contributed by atoms with E-state index < -0.39 is 0 Å². The molecule has 0 amide bonds. The van der Waals surface area contributed by atoms with E-state index in [1.54, 1.807) is 6.08 Å². The normalized spacial score (nSPS) is 14.7. The Morgan fingerprint density at radius 3 is 2.54 bits per heavy atom. The van der Waals surface area contributed by atoms with Gasteiger partial charge in [0.2, 0.25) is 0 Å². The van der Waals surface area contributed by atoms with Crippen LogP contribution in [0.4, 0.5) is 0 Å². The van der Waals surface area contributed by atoms with Gasteiger partial charge in [0.25, 0.3) is 0 Å². The van der Waals surface area contributed by atoms with Crippen molar-refractivity contribution in [1.82, 2.24) is 0 Å². The van der Waals surface area contributed by atoms with Crippen molar-refractivity contribution in [2.45, 2.75) is 25.9 Å². The van der Waals surface area contributed by atoms with Crippen LogP contribution in [0.15, 0.2) is 61.2 Å². The van der Waals surface area contributed by atoms with E-state index in [1.165, 1.54) is 0 Å². The molecule has 1 aromatic carbocycles. The number of benzene rings is 1. The van der Waals surface area contributed by atoms with Crippen molar-refractivity contribution in [3.8, 4) is 0 Å². The van der Waals surface area contributed by atoms with Gasteiger partial charge < -0.3 is 14.2 Å². The molecule has 0 saturated carbocycles. The maximum absolute atomic E-state index is 11.5. The molecule has 26 heavy (non-hydrogen) atoms. The van der Waals surface area contributed by atoms with Gasteiger partial charge in [0.05, 0.1) is 18.8 Å². The Morgan fingerprint density at radius 2 is 1.96 bits per heavy atom. The summed E-state index contributed by atoms with van der Waals surface area (Å²) >= 11 is 0. The lowest BCUT2D eigenvalue weighted by atomic mass is 10.2. The molecule has 1 unspecified atom stereocenters. The van der Waals surface area contributed by atoms with E-state index in [4.69, 9.17) is 9.47 Å². The minimum Gasteiger partial charge on any atom is -0.462 e. The van der Waals surface area contributed by atoms with Crippen LogP contribution in [0, 0.1) is 0 Å². The molecule has 1 heterocycles. The van der Waals surface area contributed by atoms with Gasteiger partial charge in [-0.2, -0.15) is 0 Å². The summed E-state index contributed by atoms with van der Waals surface area (Å²) in [6.45, 7) is 10.5. The van der Waals surface area contributed by atoms with Crippen LogP contribution in [0.2, 0.25) is 0 Å². The Hall–Kier alpha value is -2.66. The van der Waals surface area contributed by atoms with Crippen LogP contribution in [-0.4, -0.2) is 37.9 Å². The highest BCUT2D eigenvalue weighted by atomic mass is 16.6. The highest BCUT2D eigenvalue weighted by Gasteiger charge is 2.23. The summed E-state index contributed by atoms with van der Waals surface area (Å²) in [5.74, 6) is -0.726. The third-order valence-electron chi connectivity index (χ3n) is 3.25. The first kappa shape index (κ1) is 21.4. The molecule has 0 spiro atoms. The fourth-order valence-electron chi connectivity index (χ4n) is 1.63. The fraction of sp³-hybridized carbons (Fsp3) is 0.333. The van der Waals surface area contributed by atoms with Gasteiger partial charge in [0, 0.05) is 6.08 Å². The lowest BCUT2D eigenvalue weighted by Gasteiger charge is -2.02. The Bertz CT molecular complexity index is 615. The van der Waals surface area contributed by atoms with Crippen LogP contribution in [-0.2, 0) is 23.8 Å². The van der Waals surface area contributed by atoms with E-state index in [0.29, 0.717) is 25.4 Å². The van der Waals surface area contributed by atoms with Gasteiger partial charge in [0.15, 0.2) is 0 Å². The molecule has 1 aliphatic rings. The average Bonchev–Trinajstić information content (AvgIpc) is 3.50. The summed E-state index contributed by atoms with van der Waals surface area (Å²) in [6.07, 6.45) is 6.73. The van der Waals surface area contributed by atoms with Gasteiger partial charge >= 0.3 is 11.9 Å². The molecule has 1 aromatic rings. The zero-order valence-electron chi connectivity index (χ0n) is 15.2. The number of esters is 2. The molecule has 0 aromatic heterocycles. The van der Waals surface area contributed by atoms with Gasteiger partial charge in [-0.25, -0.2) is 9.59 Å². The largest absolute Gasteiger partial charge is 0.462 e. The Labute approximate surface area is 155 Å². The first-order valence-corrected chi connectivity index (χ1v) is 8.56. The van der Waals surface area contributed by atoms with Crippen LogP contribution < -0.4 is 0 Å². The highest BCUT2D eigenvalue weighted by molar-refractivity contribution is 5.92. The first-order valence-electron chi connectivity index (χ1n) is 8.56. The minimum absolute atomic E-state index is 0.147. The third-order valence-corrected chi connectivity index (χ3v) is 3.25. The third kappa shape index (κ3) is 10.3. The summed E-state index contributed by atoms with van der Waals surface area (Å²) in [5, 5.41) is 0. The number of hydrogen-bond acceptors (Lipinski definition) is 5. The fourth-order valence-corrected chi connectivity index (χ4v) is 1.63. The molecule has 1 fully saturated rings. The second-order valence-corrected chi connectivity index (χ2v) is 5.55. The monoisotopic (exact) mass is 358 g/mol. The van der Waals surface area contributed by atoms with E-state index in [9.17, 15) is 9.59 Å². The van der Waals surface area contributed by atoms with Crippen LogP contribution >= 0.6 is 0 Å². The number of carbonyl (C=O) groups excluding carboxylic acids is 2. The van der Waals surface area contributed by atoms with E-state index in [1.807, 2.05) is 36.4 Å². The topological polar surface area (TPSA) is 65.1 Å². The van der Waals surface area contributed by atoms with Crippen LogP contribution in [0.5, 0.6) is 0 Å². The molecule has 0 aliphatic carbocycles. The summed E-state index contributed by atoms with van der Waals surface area (Å²) in [4.78, 5) is 21.8. The minimum atomic E-state index is -0.384. The van der Waals surface area contributed by atoms with Crippen LogP contribution in [0.1, 0.15) is 25.3 Å². The van der Waals surface area contributed by atoms with E-state index in [0.717, 1.165) is 24.5 Å². The zero-order valence-corrected chi connectivity index (χ0v) is 15.2. The second kappa shape index (κ2) is 12.7. The summed E-state index contributed by atoms with van der Waals surface area (Å²) in [7, 11) is 0. The summed E-state index contributed by atoms with van der Waals surface area (Å²) < 4.78 is 14.5. The molecule has 5 heteroatoms. The van der Waals surface area contributed by atoms with Crippen LogP contribution in [0.25, 0.3) is 6.08 Å². The van der Waals surface area contributed by atoms with Crippen molar-refractivity contribution in [2.24, 2.45) is 0 Å². The average molecular weight is 358 g/mol. The molecule has 140 valence electrons. The van der Waals surface area contributed by atoms with Gasteiger partial charge in [-0.3, -0.25) is 0 Å². The number of hydrogen-bond donors (Lipinski definition) is 0. The number of epoxide rings is 1. The van der Waals surface area contributed by atoms with E-state index in [2.05, 4.69) is 24.8 Å². The molecule has 0 bridgehead atoms. The Kier molecular flexibility index (Phi) is 10.4. The zero-order chi connectivity index (χ0) is 19.2. The SMILES string of the molecule is C=C(C=Cc1ccccc1)C(=O)OCCCC.C=CC(=O)OCC1CO1. The Morgan fingerprint density at radius 1 is 1.27 bits per heavy atom. The number of unbranched alkanes of at least 4 members (excludes halogenated alkanes) is 1. The second-order valence-electron chi connectivity index (χ2n) is 5.55. The smallest absolute Gasteiger partial charge is 0.337 e.